The largest absolute Gasteiger partial charge is 0.419 e. The summed E-state index contributed by atoms with van der Waals surface area (Å²) in [6.45, 7) is 5.82. The van der Waals surface area contributed by atoms with Gasteiger partial charge in [-0.3, -0.25) is 9.36 Å². The minimum Gasteiger partial charge on any atom is -0.408 e. The van der Waals surface area contributed by atoms with Gasteiger partial charge in [-0.25, -0.2) is 4.79 Å². The highest BCUT2D eigenvalue weighted by Crippen LogP contribution is 2.16. The minimum atomic E-state index is -0.361. The number of amides is 1. The Hall–Kier alpha value is -2.04. The summed E-state index contributed by atoms with van der Waals surface area (Å²) >= 11 is 0. The number of aromatic nitrogens is 1. The van der Waals surface area contributed by atoms with Gasteiger partial charge in [0.1, 0.15) is 0 Å². The maximum absolute atomic E-state index is 12.3. The van der Waals surface area contributed by atoms with Crippen molar-refractivity contribution < 1.29 is 9.21 Å². The van der Waals surface area contributed by atoms with E-state index in [1.165, 1.54) is 4.57 Å². The number of rotatable bonds is 7. The van der Waals surface area contributed by atoms with Crippen LogP contribution in [0.2, 0.25) is 0 Å². The van der Waals surface area contributed by atoms with E-state index in [0.717, 1.165) is 37.0 Å². The summed E-state index contributed by atoms with van der Waals surface area (Å²) in [5, 5.41) is 0. The van der Waals surface area contributed by atoms with Crippen LogP contribution in [0.4, 0.5) is 0 Å². The van der Waals surface area contributed by atoms with Gasteiger partial charge in [-0.1, -0.05) is 19.9 Å². The fourth-order valence-electron chi connectivity index (χ4n) is 2.64. The third-order valence-electron chi connectivity index (χ3n) is 3.82. The van der Waals surface area contributed by atoms with Crippen molar-refractivity contribution in [3.8, 4) is 0 Å². The van der Waals surface area contributed by atoms with Crippen LogP contribution in [0.3, 0.4) is 0 Å². The molecule has 0 aliphatic carbocycles. The van der Waals surface area contributed by atoms with E-state index in [-0.39, 0.29) is 11.7 Å². The van der Waals surface area contributed by atoms with Gasteiger partial charge in [0.2, 0.25) is 5.91 Å². The topological polar surface area (TPSA) is 55.5 Å². The zero-order valence-corrected chi connectivity index (χ0v) is 13.6. The fourth-order valence-corrected chi connectivity index (χ4v) is 2.64. The molecular formula is C17H24N2O3. The summed E-state index contributed by atoms with van der Waals surface area (Å²) < 4.78 is 6.60. The Morgan fingerprint density at radius 1 is 1.23 bits per heavy atom. The summed E-state index contributed by atoms with van der Waals surface area (Å²) in [5.41, 5.74) is 2.40. The molecule has 0 aliphatic rings. The average Bonchev–Trinajstić information content (AvgIpc) is 2.79. The Bertz CT molecular complexity index is 693. The average molecular weight is 304 g/mol. The summed E-state index contributed by atoms with van der Waals surface area (Å²) in [7, 11) is 1.69. The van der Waals surface area contributed by atoms with Gasteiger partial charge in [0.25, 0.3) is 0 Å². The quantitative estimate of drug-likeness (QED) is 0.790. The van der Waals surface area contributed by atoms with Crippen LogP contribution in [0, 0.1) is 0 Å². The highest BCUT2D eigenvalue weighted by molar-refractivity contribution is 5.77. The van der Waals surface area contributed by atoms with Crippen LogP contribution >= 0.6 is 0 Å². The Labute approximate surface area is 130 Å². The maximum atomic E-state index is 12.3. The molecule has 120 valence electrons. The second-order valence-electron chi connectivity index (χ2n) is 5.61. The number of carbonyl (C=O) groups is 1. The molecule has 1 amide bonds. The molecule has 0 bridgehead atoms. The molecule has 0 N–H and O–H groups in total. The van der Waals surface area contributed by atoms with Crippen molar-refractivity contribution in [1.29, 1.82) is 0 Å². The van der Waals surface area contributed by atoms with Crippen LogP contribution in [-0.2, 0) is 18.3 Å². The fraction of sp³-hybridized carbons (Fsp3) is 0.529. The van der Waals surface area contributed by atoms with Crippen molar-refractivity contribution in [1.82, 2.24) is 9.47 Å². The number of hydrogen-bond donors (Lipinski definition) is 0. The highest BCUT2D eigenvalue weighted by atomic mass is 16.4. The van der Waals surface area contributed by atoms with E-state index in [4.69, 9.17) is 4.42 Å². The molecule has 0 radical (unpaired) electrons. The standard InChI is InChI=1S/C17H24N2O3/c1-4-10-19(11-5-2)16(20)9-7-13-6-8-15-14(12-13)18(3)17(21)22-15/h6,8,12H,4-5,7,9-11H2,1-3H3. The SMILES string of the molecule is CCCN(CCC)C(=O)CCc1ccc2oc(=O)n(C)c2c1. The number of fused-ring (bicyclic) bond motifs is 1. The van der Waals surface area contributed by atoms with E-state index in [0.29, 0.717) is 18.4 Å². The van der Waals surface area contributed by atoms with Crippen LogP contribution < -0.4 is 5.76 Å². The molecule has 2 rings (SSSR count). The third kappa shape index (κ3) is 3.59. The molecule has 0 aliphatic heterocycles. The number of benzene rings is 1. The molecule has 1 aromatic heterocycles. The van der Waals surface area contributed by atoms with Gasteiger partial charge in [0.15, 0.2) is 5.58 Å². The molecule has 0 saturated carbocycles. The normalized spacial score (nSPS) is 11.0. The Morgan fingerprint density at radius 3 is 2.55 bits per heavy atom. The van der Waals surface area contributed by atoms with Crippen LogP contribution in [0.5, 0.6) is 0 Å². The summed E-state index contributed by atoms with van der Waals surface area (Å²) in [6, 6.07) is 5.65. The first-order valence-corrected chi connectivity index (χ1v) is 7.93. The zero-order valence-electron chi connectivity index (χ0n) is 13.6. The molecular weight excluding hydrogens is 280 g/mol. The lowest BCUT2D eigenvalue weighted by Gasteiger charge is -2.21. The summed E-state index contributed by atoms with van der Waals surface area (Å²) in [6.07, 6.45) is 3.14. The van der Waals surface area contributed by atoms with Gasteiger partial charge in [0, 0.05) is 26.6 Å². The molecule has 0 spiro atoms. The minimum absolute atomic E-state index is 0.199. The predicted octanol–water partition coefficient (Wildman–Crippen LogP) is 2.71. The summed E-state index contributed by atoms with van der Waals surface area (Å²) in [5.74, 6) is -0.162. The van der Waals surface area contributed by atoms with Gasteiger partial charge in [0.05, 0.1) is 5.52 Å². The Balaban J connectivity index is 2.06. The predicted molar refractivity (Wildman–Crippen MR) is 86.9 cm³/mol. The number of oxazole rings is 1. The van der Waals surface area contributed by atoms with Crippen LogP contribution in [-0.4, -0.2) is 28.5 Å². The third-order valence-corrected chi connectivity index (χ3v) is 3.82. The second kappa shape index (κ2) is 7.29. The highest BCUT2D eigenvalue weighted by Gasteiger charge is 2.12. The van der Waals surface area contributed by atoms with Gasteiger partial charge in [-0.15, -0.1) is 0 Å². The first kappa shape index (κ1) is 16.3. The Morgan fingerprint density at radius 2 is 1.91 bits per heavy atom. The van der Waals surface area contributed by atoms with Gasteiger partial charge in [-0.05, 0) is 37.0 Å². The Kier molecular flexibility index (Phi) is 5.41. The molecule has 2 aromatic rings. The van der Waals surface area contributed by atoms with Gasteiger partial charge >= 0.3 is 5.76 Å². The van der Waals surface area contributed by atoms with Gasteiger partial charge < -0.3 is 9.32 Å². The lowest BCUT2D eigenvalue weighted by atomic mass is 10.1. The van der Waals surface area contributed by atoms with Crippen molar-refractivity contribution in [3.05, 3.63) is 34.3 Å². The first-order chi connectivity index (χ1) is 10.6. The van der Waals surface area contributed by atoms with Crippen LogP contribution in [0.25, 0.3) is 11.1 Å². The van der Waals surface area contributed by atoms with E-state index in [1.807, 2.05) is 17.0 Å². The molecule has 5 nitrogen and oxygen atoms in total. The monoisotopic (exact) mass is 304 g/mol. The van der Waals surface area contributed by atoms with Crippen LogP contribution in [0.15, 0.2) is 27.4 Å². The van der Waals surface area contributed by atoms with Crippen molar-refractivity contribution in [3.63, 3.8) is 0 Å². The molecule has 1 aromatic carbocycles. The van der Waals surface area contributed by atoms with Crippen molar-refractivity contribution in [2.75, 3.05) is 13.1 Å². The van der Waals surface area contributed by atoms with E-state index < -0.39 is 0 Å². The lowest BCUT2D eigenvalue weighted by molar-refractivity contribution is -0.131. The molecule has 1 heterocycles. The molecule has 0 saturated heterocycles. The van der Waals surface area contributed by atoms with E-state index >= 15 is 0 Å². The first-order valence-electron chi connectivity index (χ1n) is 7.93. The lowest BCUT2D eigenvalue weighted by Crippen LogP contribution is -2.32. The van der Waals surface area contributed by atoms with E-state index in [1.54, 1.807) is 13.1 Å². The molecule has 0 unspecified atom stereocenters. The number of hydrogen-bond acceptors (Lipinski definition) is 3. The van der Waals surface area contributed by atoms with Gasteiger partial charge in [-0.2, -0.15) is 0 Å². The number of aryl methyl sites for hydroxylation is 2. The smallest absolute Gasteiger partial charge is 0.408 e. The maximum Gasteiger partial charge on any atom is 0.419 e. The molecule has 0 atom stereocenters. The summed E-state index contributed by atoms with van der Waals surface area (Å²) in [4.78, 5) is 25.7. The van der Waals surface area contributed by atoms with E-state index in [2.05, 4.69) is 13.8 Å². The molecule has 0 fully saturated rings. The van der Waals surface area contributed by atoms with Crippen molar-refractivity contribution in [2.45, 2.75) is 39.5 Å². The van der Waals surface area contributed by atoms with E-state index in [9.17, 15) is 9.59 Å². The number of carbonyl (C=O) groups excluding carboxylic acids is 1. The zero-order chi connectivity index (χ0) is 16.1. The van der Waals surface area contributed by atoms with Crippen molar-refractivity contribution in [2.24, 2.45) is 7.05 Å². The molecule has 5 heteroatoms. The number of nitrogens with zero attached hydrogens (tertiary/aromatic N) is 2. The molecule has 22 heavy (non-hydrogen) atoms. The second-order valence-corrected chi connectivity index (χ2v) is 5.61. The van der Waals surface area contributed by atoms with Crippen LogP contribution in [0.1, 0.15) is 38.7 Å². The van der Waals surface area contributed by atoms with Crippen molar-refractivity contribution >= 4 is 17.0 Å².